The molecular formula is C12H17ClN2O2S. The average molecular weight is 289 g/mol. The molecule has 1 fully saturated rings. The molecule has 2 rings (SSSR count). The van der Waals surface area contributed by atoms with Crippen LogP contribution in [0.15, 0.2) is 23.1 Å². The highest BCUT2D eigenvalue weighted by molar-refractivity contribution is 7.89. The molecule has 0 saturated carbocycles. The van der Waals surface area contributed by atoms with Gasteiger partial charge >= 0.3 is 0 Å². The Kier molecular flexibility index (Phi) is 4.27. The second-order valence-corrected chi connectivity index (χ2v) is 6.59. The average Bonchev–Trinajstić information content (AvgIpc) is 2.33. The van der Waals surface area contributed by atoms with Crippen molar-refractivity contribution in [1.82, 2.24) is 10.0 Å². The van der Waals surface area contributed by atoms with Crippen LogP contribution in [-0.2, 0) is 10.0 Å². The lowest BCUT2D eigenvalue weighted by molar-refractivity contribution is 0.427. The largest absolute Gasteiger partial charge is 0.317 e. The number of piperidine rings is 1. The van der Waals surface area contributed by atoms with Gasteiger partial charge in [0, 0.05) is 6.04 Å². The van der Waals surface area contributed by atoms with Crippen molar-refractivity contribution >= 4 is 21.6 Å². The van der Waals surface area contributed by atoms with Crippen molar-refractivity contribution in [3.8, 4) is 0 Å². The Morgan fingerprint density at radius 3 is 2.67 bits per heavy atom. The zero-order valence-electron chi connectivity index (χ0n) is 10.2. The van der Waals surface area contributed by atoms with Gasteiger partial charge in [-0.25, -0.2) is 13.1 Å². The smallest absolute Gasteiger partial charge is 0.242 e. The van der Waals surface area contributed by atoms with Gasteiger partial charge in [0.2, 0.25) is 10.0 Å². The van der Waals surface area contributed by atoms with E-state index in [1.165, 1.54) is 0 Å². The summed E-state index contributed by atoms with van der Waals surface area (Å²) in [6.45, 7) is 3.48. The molecule has 2 N–H and O–H groups in total. The van der Waals surface area contributed by atoms with Crippen molar-refractivity contribution in [3.05, 3.63) is 28.8 Å². The number of hydrogen-bond acceptors (Lipinski definition) is 3. The third-order valence-electron chi connectivity index (χ3n) is 3.11. The molecule has 1 saturated heterocycles. The maximum Gasteiger partial charge on any atom is 0.242 e. The first-order valence-electron chi connectivity index (χ1n) is 5.99. The first-order chi connectivity index (χ1) is 8.50. The molecular weight excluding hydrogens is 272 g/mol. The Morgan fingerprint density at radius 1 is 1.33 bits per heavy atom. The van der Waals surface area contributed by atoms with Gasteiger partial charge in [0.1, 0.15) is 4.90 Å². The Bertz CT molecular complexity index is 525. The van der Waals surface area contributed by atoms with Crippen LogP contribution in [0.2, 0.25) is 5.02 Å². The van der Waals surface area contributed by atoms with Gasteiger partial charge in [0.15, 0.2) is 0 Å². The molecule has 4 nitrogen and oxygen atoms in total. The SMILES string of the molecule is Cc1cccc(S(=O)(=O)NC2CCNCC2)c1Cl. The van der Waals surface area contributed by atoms with Gasteiger partial charge in [-0.2, -0.15) is 0 Å². The summed E-state index contributed by atoms with van der Waals surface area (Å²) in [5, 5.41) is 3.50. The summed E-state index contributed by atoms with van der Waals surface area (Å²) in [5.41, 5.74) is 0.768. The summed E-state index contributed by atoms with van der Waals surface area (Å²) in [6.07, 6.45) is 1.62. The second kappa shape index (κ2) is 5.57. The molecule has 0 amide bonds. The zero-order valence-corrected chi connectivity index (χ0v) is 11.8. The van der Waals surface area contributed by atoms with Gasteiger partial charge in [0.25, 0.3) is 0 Å². The first kappa shape index (κ1) is 13.8. The van der Waals surface area contributed by atoms with Crippen LogP contribution < -0.4 is 10.0 Å². The van der Waals surface area contributed by atoms with E-state index in [2.05, 4.69) is 10.0 Å². The lowest BCUT2D eigenvalue weighted by Gasteiger charge is -2.23. The van der Waals surface area contributed by atoms with Crippen molar-refractivity contribution in [2.45, 2.75) is 30.7 Å². The molecule has 0 bridgehead atoms. The van der Waals surface area contributed by atoms with Gasteiger partial charge in [-0.05, 0) is 44.5 Å². The lowest BCUT2D eigenvalue weighted by Crippen LogP contribution is -2.42. The summed E-state index contributed by atoms with van der Waals surface area (Å²) < 4.78 is 27.2. The maximum absolute atomic E-state index is 12.3. The van der Waals surface area contributed by atoms with Gasteiger partial charge in [-0.3, -0.25) is 0 Å². The van der Waals surface area contributed by atoms with E-state index in [0.717, 1.165) is 31.5 Å². The molecule has 0 atom stereocenters. The molecule has 0 spiro atoms. The molecule has 0 aliphatic carbocycles. The molecule has 0 aromatic heterocycles. The summed E-state index contributed by atoms with van der Waals surface area (Å²) in [7, 11) is -3.52. The molecule has 1 aromatic carbocycles. The molecule has 1 aliphatic heterocycles. The van der Waals surface area contributed by atoms with Gasteiger partial charge < -0.3 is 5.32 Å². The molecule has 1 heterocycles. The van der Waals surface area contributed by atoms with E-state index in [1.54, 1.807) is 25.1 Å². The fourth-order valence-electron chi connectivity index (χ4n) is 2.05. The maximum atomic E-state index is 12.3. The van der Waals surface area contributed by atoms with E-state index >= 15 is 0 Å². The van der Waals surface area contributed by atoms with Gasteiger partial charge in [-0.15, -0.1) is 0 Å². The monoisotopic (exact) mass is 288 g/mol. The van der Waals surface area contributed by atoms with Crippen LogP contribution >= 0.6 is 11.6 Å². The van der Waals surface area contributed by atoms with E-state index in [4.69, 9.17) is 11.6 Å². The second-order valence-electron chi connectivity index (χ2n) is 4.53. The van der Waals surface area contributed by atoms with Crippen LogP contribution in [0.25, 0.3) is 0 Å². The van der Waals surface area contributed by atoms with Crippen LogP contribution in [0.5, 0.6) is 0 Å². The zero-order chi connectivity index (χ0) is 13.2. The normalized spacial score (nSPS) is 17.9. The summed E-state index contributed by atoms with van der Waals surface area (Å²) in [6, 6.07) is 5.04. The fourth-order valence-corrected chi connectivity index (χ4v) is 3.94. The van der Waals surface area contributed by atoms with Crippen LogP contribution in [0.4, 0.5) is 0 Å². The quantitative estimate of drug-likeness (QED) is 0.890. The fraction of sp³-hybridized carbons (Fsp3) is 0.500. The highest BCUT2D eigenvalue weighted by Gasteiger charge is 2.23. The van der Waals surface area contributed by atoms with Crippen LogP contribution in [0, 0.1) is 6.92 Å². The topological polar surface area (TPSA) is 58.2 Å². The summed E-state index contributed by atoms with van der Waals surface area (Å²) in [4.78, 5) is 0.169. The van der Waals surface area contributed by atoms with E-state index in [1.807, 2.05) is 0 Å². The molecule has 100 valence electrons. The van der Waals surface area contributed by atoms with Gasteiger partial charge in [0.05, 0.1) is 5.02 Å². The number of rotatable bonds is 3. The lowest BCUT2D eigenvalue weighted by atomic mass is 10.1. The molecule has 0 unspecified atom stereocenters. The number of benzene rings is 1. The Hall–Kier alpha value is -0.620. The highest BCUT2D eigenvalue weighted by Crippen LogP contribution is 2.25. The third-order valence-corrected chi connectivity index (χ3v) is 5.28. The summed E-state index contributed by atoms with van der Waals surface area (Å²) >= 11 is 6.06. The summed E-state index contributed by atoms with van der Waals surface area (Å²) in [5.74, 6) is 0. The van der Waals surface area contributed by atoms with Gasteiger partial charge in [-0.1, -0.05) is 23.7 Å². The minimum absolute atomic E-state index is 0.00664. The van der Waals surface area contributed by atoms with E-state index in [0.29, 0.717) is 5.02 Å². The molecule has 0 radical (unpaired) electrons. The number of sulfonamides is 1. The van der Waals surface area contributed by atoms with Crippen molar-refractivity contribution in [2.24, 2.45) is 0 Å². The predicted molar refractivity (Wildman–Crippen MR) is 72.4 cm³/mol. The van der Waals surface area contributed by atoms with Crippen LogP contribution in [0.3, 0.4) is 0 Å². The van der Waals surface area contributed by atoms with E-state index in [9.17, 15) is 8.42 Å². The van der Waals surface area contributed by atoms with Crippen molar-refractivity contribution in [3.63, 3.8) is 0 Å². The van der Waals surface area contributed by atoms with Crippen LogP contribution in [0.1, 0.15) is 18.4 Å². The molecule has 1 aliphatic rings. The van der Waals surface area contributed by atoms with E-state index < -0.39 is 10.0 Å². The molecule has 18 heavy (non-hydrogen) atoms. The van der Waals surface area contributed by atoms with Crippen LogP contribution in [-0.4, -0.2) is 27.5 Å². The third kappa shape index (κ3) is 3.03. The Morgan fingerprint density at radius 2 is 2.00 bits per heavy atom. The predicted octanol–water partition coefficient (Wildman–Crippen LogP) is 1.68. The Labute approximate surface area is 113 Å². The van der Waals surface area contributed by atoms with Crippen molar-refractivity contribution in [2.75, 3.05) is 13.1 Å². The minimum Gasteiger partial charge on any atom is -0.317 e. The van der Waals surface area contributed by atoms with Crippen molar-refractivity contribution < 1.29 is 8.42 Å². The van der Waals surface area contributed by atoms with Crippen molar-refractivity contribution in [1.29, 1.82) is 0 Å². The molecule has 1 aromatic rings. The number of hydrogen-bond donors (Lipinski definition) is 2. The Balaban J connectivity index is 2.22. The first-order valence-corrected chi connectivity index (χ1v) is 7.85. The number of halogens is 1. The highest BCUT2D eigenvalue weighted by atomic mass is 35.5. The molecule has 6 heteroatoms. The number of nitrogens with one attached hydrogen (secondary N) is 2. The van der Waals surface area contributed by atoms with E-state index in [-0.39, 0.29) is 10.9 Å². The minimum atomic E-state index is -3.52. The number of aryl methyl sites for hydroxylation is 1. The standard InChI is InChI=1S/C12H17ClN2O2S/c1-9-3-2-4-11(12(9)13)18(16,17)15-10-5-7-14-8-6-10/h2-4,10,14-15H,5-8H2,1H3.